The van der Waals surface area contributed by atoms with E-state index in [4.69, 9.17) is 4.74 Å². The molecular formula is C26H20F6N2O3. The van der Waals surface area contributed by atoms with Crippen LogP contribution in [0.2, 0.25) is 0 Å². The van der Waals surface area contributed by atoms with E-state index >= 15 is 0 Å². The summed E-state index contributed by atoms with van der Waals surface area (Å²) < 4.78 is 87.7. The lowest BCUT2D eigenvalue weighted by Crippen LogP contribution is -2.54. The van der Waals surface area contributed by atoms with Crippen molar-refractivity contribution in [3.05, 3.63) is 99.6 Å². The van der Waals surface area contributed by atoms with E-state index < -0.39 is 29.1 Å². The third-order valence-electron chi connectivity index (χ3n) is 6.04. The summed E-state index contributed by atoms with van der Waals surface area (Å²) in [6, 6.07) is 15.3. The molecule has 0 aliphatic rings. The summed E-state index contributed by atoms with van der Waals surface area (Å²) in [5.74, 6) is 0.388. The largest absolute Gasteiger partial charge is 0.497 e. The van der Waals surface area contributed by atoms with Gasteiger partial charge in [0.2, 0.25) is 0 Å². The molecule has 0 unspecified atom stereocenters. The molecular weight excluding hydrogens is 502 g/mol. The molecule has 0 spiro atoms. The molecule has 11 heteroatoms. The fraction of sp³-hybridized carbons (Fsp3) is 0.231. The number of benzene rings is 3. The smallest absolute Gasteiger partial charge is 0.430 e. The van der Waals surface area contributed by atoms with Crippen LogP contribution in [0, 0.1) is 6.92 Å². The van der Waals surface area contributed by atoms with Gasteiger partial charge >= 0.3 is 12.4 Å². The fourth-order valence-electron chi connectivity index (χ4n) is 4.05. The number of halogens is 6. The zero-order chi connectivity index (χ0) is 27.2. The number of fused-ring (bicyclic) bond motifs is 1. The van der Waals surface area contributed by atoms with Gasteiger partial charge in [0.25, 0.3) is 11.2 Å². The molecule has 1 aromatic heterocycles. The molecule has 37 heavy (non-hydrogen) atoms. The predicted octanol–water partition coefficient (Wildman–Crippen LogP) is 5.61. The van der Waals surface area contributed by atoms with Gasteiger partial charge in [0.05, 0.1) is 23.7 Å². The van der Waals surface area contributed by atoms with E-state index in [9.17, 15) is 36.2 Å². The maximum atomic E-state index is 13.7. The Bertz CT molecular complexity index is 1500. The maximum Gasteiger partial charge on any atom is 0.430 e. The third kappa shape index (κ3) is 4.55. The van der Waals surface area contributed by atoms with Crippen molar-refractivity contribution in [2.24, 2.45) is 0 Å². The number of aryl methyl sites for hydroxylation is 1. The molecule has 0 aliphatic carbocycles. The molecule has 0 aliphatic heterocycles. The summed E-state index contributed by atoms with van der Waals surface area (Å²) in [6.07, 6.45) is -12.1. The number of hydrogen-bond acceptors (Lipinski definition) is 4. The summed E-state index contributed by atoms with van der Waals surface area (Å²) in [5.41, 5.74) is -6.47. The maximum absolute atomic E-state index is 13.7. The minimum atomic E-state index is -6.08. The van der Waals surface area contributed by atoms with E-state index in [0.717, 1.165) is 10.6 Å². The van der Waals surface area contributed by atoms with Crippen molar-refractivity contribution in [2.45, 2.75) is 31.3 Å². The van der Waals surface area contributed by atoms with Gasteiger partial charge in [-0.15, -0.1) is 0 Å². The van der Waals surface area contributed by atoms with Crippen LogP contribution in [-0.4, -0.2) is 34.1 Å². The van der Waals surface area contributed by atoms with Gasteiger partial charge in [-0.05, 0) is 42.3 Å². The zero-order valence-corrected chi connectivity index (χ0v) is 19.5. The fourth-order valence-corrected chi connectivity index (χ4v) is 4.05. The molecule has 194 valence electrons. The SMILES string of the molecule is COc1ccc2nc(Cc3ccccc3)n(-c3cc(C(O)(C(F)(F)F)C(F)(F)F)ccc3C)c(=O)c2c1. The summed E-state index contributed by atoms with van der Waals surface area (Å²) in [6.45, 7) is 1.42. The van der Waals surface area contributed by atoms with Gasteiger partial charge in [0.15, 0.2) is 0 Å². The molecule has 1 heterocycles. The first kappa shape index (κ1) is 26.2. The molecule has 4 rings (SSSR count). The molecule has 1 N–H and O–H groups in total. The second kappa shape index (κ2) is 9.22. The Morgan fingerprint density at radius 3 is 2.16 bits per heavy atom. The van der Waals surface area contributed by atoms with Gasteiger partial charge in [0, 0.05) is 12.0 Å². The molecule has 0 amide bonds. The van der Waals surface area contributed by atoms with Crippen LogP contribution >= 0.6 is 0 Å². The van der Waals surface area contributed by atoms with Gasteiger partial charge in [-0.1, -0.05) is 42.5 Å². The first-order valence-electron chi connectivity index (χ1n) is 10.9. The number of ether oxygens (including phenoxy) is 1. The zero-order valence-electron chi connectivity index (χ0n) is 19.5. The highest BCUT2D eigenvalue weighted by Crippen LogP contribution is 2.50. The topological polar surface area (TPSA) is 64.3 Å². The molecule has 0 saturated carbocycles. The number of hydrogen-bond donors (Lipinski definition) is 1. The summed E-state index contributed by atoms with van der Waals surface area (Å²) in [7, 11) is 1.37. The Kier molecular flexibility index (Phi) is 6.53. The first-order chi connectivity index (χ1) is 17.3. The van der Waals surface area contributed by atoms with Crippen LogP contribution in [0.3, 0.4) is 0 Å². The first-order valence-corrected chi connectivity index (χ1v) is 10.9. The molecule has 4 aromatic rings. The van der Waals surface area contributed by atoms with Crippen molar-refractivity contribution < 1.29 is 36.2 Å². The molecule has 0 bridgehead atoms. The lowest BCUT2D eigenvalue weighted by Gasteiger charge is -2.33. The molecule has 5 nitrogen and oxygen atoms in total. The Balaban J connectivity index is 2.05. The average Bonchev–Trinajstić information content (AvgIpc) is 2.83. The molecule has 0 radical (unpaired) electrons. The molecule has 0 saturated heterocycles. The van der Waals surface area contributed by atoms with Crippen molar-refractivity contribution in [1.29, 1.82) is 0 Å². The number of alkyl halides is 6. The summed E-state index contributed by atoms with van der Waals surface area (Å²) in [4.78, 5) is 18.2. The highest BCUT2D eigenvalue weighted by atomic mass is 19.4. The Morgan fingerprint density at radius 2 is 1.57 bits per heavy atom. The Hall–Kier alpha value is -3.86. The van der Waals surface area contributed by atoms with Crippen LogP contribution in [0.1, 0.15) is 22.5 Å². The summed E-state index contributed by atoms with van der Waals surface area (Å²) >= 11 is 0. The van der Waals surface area contributed by atoms with Gasteiger partial charge in [-0.2, -0.15) is 26.3 Å². The molecule has 0 fully saturated rings. The van der Waals surface area contributed by atoms with Gasteiger partial charge in [0.1, 0.15) is 11.6 Å². The van der Waals surface area contributed by atoms with Crippen LogP contribution < -0.4 is 10.3 Å². The third-order valence-corrected chi connectivity index (χ3v) is 6.04. The van der Waals surface area contributed by atoms with Crippen molar-refractivity contribution >= 4 is 10.9 Å². The Morgan fingerprint density at radius 1 is 0.919 bits per heavy atom. The average molecular weight is 522 g/mol. The molecule has 3 aromatic carbocycles. The number of methoxy groups -OCH3 is 1. The van der Waals surface area contributed by atoms with Crippen LogP contribution in [0.15, 0.2) is 71.5 Å². The lowest BCUT2D eigenvalue weighted by molar-refractivity contribution is -0.376. The quantitative estimate of drug-likeness (QED) is 0.347. The van der Waals surface area contributed by atoms with Crippen molar-refractivity contribution in [2.75, 3.05) is 7.11 Å². The standard InChI is InChI=1S/C26H20F6N2O3/c1-15-8-9-17(24(36,25(27,28)29)26(30,31)32)13-21(15)34-22(12-16-6-4-3-5-7-16)33-20-11-10-18(37-2)14-19(20)23(34)35/h3-11,13-14,36H,12H2,1-2H3. The van der Waals surface area contributed by atoms with E-state index in [0.29, 0.717) is 23.4 Å². The normalized spacial score (nSPS) is 12.7. The number of rotatable bonds is 5. The number of aliphatic hydroxyl groups is 1. The van der Waals surface area contributed by atoms with E-state index in [2.05, 4.69) is 4.98 Å². The van der Waals surface area contributed by atoms with Crippen LogP contribution in [0.25, 0.3) is 16.6 Å². The van der Waals surface area contributed by atoms with Gasteiger partial charge in [-0.25, -0.2) is 4.98 Å². The van der Waals surface area contributed by atoms with Gasteiger partial charge < -0.3 is 9.84 Å². The number of aromatic nitrogens is 2. The highest BCUT2D eigenvalue weighted by molar-refractivity contribution is 5.80. The van der Waals surface area contributed by atoms with Crippen molar-refractivity contribution in [1.82, 2.24) is 9.55 Å². The second-order valence-electron chi connectivity index (χ2n) is 8.42. The van der Waals surface area contributed by atoms with Crippen LogP contribution in [-0.2, 0) is 12.0 Å². The van der Waals surface area contributed by atoms with Crippen molar-refractivity contribution in [3.8, 4) is 11.4 Å². The predicted molar refractivity (Wildman–Crippen MR) is 124 cm³/mol. The van der Waals surface area contributed by atoms with E-state index in [-0.39, 0.29) is 34.4 Å². The number of nitrogens with zero attached hydrogens (tertiary/aromatic N) is 2. The highest BCUT2D eigenvalue weighted by Gasteiger charge is 2.71. The van der Waals surface area contributed by atoms with Crippen LogP contribution in [0.4, 0.5) is 26.3 Å². The summed E-state index contributed by atoms with van der Waals surface area (Å²) in [5, 5.41) is 10.0. The second-order valence-corrected chi connectivity index (χ2v) is 8.42. The van der Waals surface area contributed by atoms with Gasteiger partial charge in [-0.3, -0.25) is 9.36 Å². The Labute approximate surface area is 206 Å². The van der Waals surface area contributed by atoms with E-state index in [1.54, 1.807) is 36.4 Å². The van der Waals surface area contributed by atoms with E-state index in [1.165, 1.54) is 26.2 Å². The van der Waals surface area contributed by atoms with Crippen LogP contribution in [0.5, 0.6) is 5.75 Å². The minimum absolute atomic E-state index is 0.0443. The van der Waals surface area contributed by atoms with Crippen molar-refractivity contribution in [3.63, 3.8) is 0 Å². The van der Waals surface area contributed by atoms with E-state index in [1.807, 2.05) is 0 Å². The minimum Gasteiger partial charge on any atom is -0.497 e. The monoisotopic (exact) mass is 522 g/mol. The molecule has 0 atom stereocenters. The lowest BCUT2D eigenvalue weighted by atomic mass is 9.91.